The fourth-order valence-corrected chi connectivity index (χ4v) is 3.53. The number of hydrogen-bond acceptors (Lipinski definition) is 6. The summed E-state index contributed by atoms with van der Waals surface area (Å²) in [6.07, 6.45) is -1.56. The Labute approximate surface area is 124 Å². The summed E-state index contributed by atoms with van der Waals surface area (Å²) in [5, 5.41) is 9.45. The van der Waals surface area contributed by atoms with Gasteiger partial charge in [0.25, 0.3) is 0 Å². The van der Waals surface area contributed by atoms with Crippen LogP contribution in [0.2, 0.25) is 0 Å². The van der Waals surface area contributed by atoms with Gasteiger partial charge in [-0.25, -0.2) is 17.9 Å². The standard InChI is InChI=1S/C13H20N2O5S/c1-7-5-10(14)9(3)12(8(7)2)21(18,19)15-6-11(16)13(17)20-4/h5,11,15-16H,6,14H2,1-4H3. The van der Waals surface area contributed by atoms with Crippen molar-refractivity contribution in [1.82, 2.24) is 4.72 Å². The van der Waals surface area contributed by atoms with E-state index in [1.807, 2.05) is 0 Å². The molecule has 0 saturated carbocycles. The smallest absolute Gasteiger partial charge is 0.336 e. The highest BCUT2D eigenvalue weighted by Crippen LogP contribution is 2.27. The molecule has 0 radical (unpaired) electrons. The first kappa shape index (κ1) is 17.4. The molecular formula is C13H20N2O5S. The summed E-state index contributed by atoms with van der Waals surface area (Å²) in [7, 11) is -2.79. The van der Waals surface area contributed by atoms with E-state index in [1.54, 1.807) is 26.8 Å². The van der Waals surface area contributed by atoms with Crippen LogP contribution in [0.25, 0.3) is 0 Å². The number of carbonyl (C=O) groups excluding carboxylic acids is 1. The maximum atomic E-state index is 12.4. The molecule has 1 aromatic rings. The molecule has 0 heterocycles. The molecule has 0 fully saturated rings. The summed E-state index contributed by atoms with van der Waals surface area (Å²) in [4.78, 5) is 11.1. The Kier molecular flexibility index (Phi) is 5.32. The summed E-state index contributed by atoms with van der Waals surface area (Å²) in [5.41, 5.74) is 7.91. The van der Waals surface area contributed by atoms with Crippen LogP contribution in [0.1, 0.15) is 16.7 Å². The van der Waals surface area contributed by atoms with Crippen molar-refractivity contribution in [2.45, 2.75) is 31.8 Å². The fourth-order valence-electron chi connectivity index (χ4n) is 1.92. The average molecular weight is 316 g/mol. The second-order valence-corrected chi connectivity index (χ2v) is 6.46. The van der Waals surface area contributed by atoms with Crippen molar-refractivity contribution in [3.05, 3.63) is 22.8 Å². The lowest BCUT2D eigenvalue weighted by Crippen LogP contribution is -2.37. The minimum absolute atomic E-state index is 0.0667. The van der Waals surface area contributed by atoms with E-state index in [9.17, 15) is 18.3 Å². The van der Waals surface area contributed by atoms with Crippen LogP contribution in [0, 0.1) is 20.8 Å². The predicted octanol–water partition coefficient (Wildman–Crippen LogP) is 0.00626. The van der Waals surface area contributed by atoms with Gasteiger partial charge in [0.1, 0.15) is 0 Å². The van der Waals surface area contributed by atoms with Crippen molar-refractivity contribution in [2.75, 3.05) is 19.4 Å². The molecule has 0 aromatic heterocycles. The highest BCUT2D eigenvalue weighted by molar-refractivity contribution is 7.89. The third kappa shape index (κ3) is 3.72. The number of esters is 1. The number of benzene rings is 1. The lowest BCUT2D eigenvalue weighted by atomic mass is 10.1. The monoisotopic (exact) mass is 316 g/mol. The van der Waals surface area contributed by atoms with Crippen molar-refractivity contribution in [3.63, 3.8) is 0 Å². The van der Waals surface area contributed by atoms with Crippen LogP contribution in [-0.2, 0) is 19.6 Å². The molecule has 7 nitrogen and oxygen atoms in total. The van der Waals surface area contributed by atoms with E-state index in [4.69, 9.17) is 5.73 Å². The molecule has 1 atom stereocenters. The molecule has 4 N–H and O–H groups in total. The van der Waals surface area contributed by atoms with Crippen LogP contribution in [-0.4, -0.2) is 39.3 Å². The zero-order valence-corrected chi connectivity index (χ0v) is 13.2. The summed E-state index contributed by atoms with van der Waals surface area (Å²) in [6, 6.07) is 1.70. The van der Waals surface area contributed by atoms with Crippen LogP contribution in [0.3, 0.4) is 0 Å². The molecule has 118 valence electrons. The van der Waals surface area contributed by atoms with Gasteiger partial charge in [-0.3, -0.25) is 0 Å². The molecule has 1 rings (SSSR count). The number of anilines is 1. The number of aliphatic hydroxyl groups is 1. The van der Waals surface area contributed by atoms with Gasteiger partial charge in [0.05, 0.1) is 12.0 Å². The van der Waals surface area contributed by atoms with Gasteiger partial charge in [-0.2, -0.15) is 0 Å². The molecule has 8 heteroatoms. The zero-order valence-electron chi connectivity index (χ0n) is 12.4. The maximum Gasteiger partial charge on any atom is 0.336 e. The lowest BCUT2D eigenvalue weighted by molar-refractivity contribution is -0.149. The Hall–Kier alpha value is -1.64. The van der Waals surface area contributed by atoms with Gasteiger partial charge in [0.15, 0.2) is 6.10 Å². The second-order valence-electron chi connectivity index (χ2n) is 4.75. The highest BCUT2D eigenvalue weighted by atomic mass is 32.2. The number of aryl methyl sites for hydroxylation is 1. The van der Waals surface area contributed by atoms with E-state index in [0.717, 1.165) is 12.7 Å². The number of nitrogens with one attached hydrogen (secondary N) is 1. The third-order valence-electron chi connectivity index (χ3n) is 3.29. The van der Waals surface area contributed by atoms with Gasteiger partial charge in [-0.15, -0.1) is 0 Å². The zero-order chi connectivity index (χ0) is 16.4. The maximum absolute atomic E-state index is 12.4. The molecule has 21 heavy (non-hydrogen) atoms. The third-order valence-corrected chi connectivity index (χ3v) is 4.98. The van der Waals surface area contributed by atoms with Crippen LogP contribution in [0.5, 0.6) is 0 Å². The number of sulfonamides is 1. The molecule has 1 unspecified atom stereocenters. The topological polar surface area (TPSA) is 119 Å². The number of ether oxygens (including phenoxy) is 1. The number of methoxy groups -OCH3 is 1. The van der Waals surface area contributed by atoms with Gasteiger partial charge in [0, 0.05) is 12.2 Å². The van der Waals surface area contributed by atoms with Crippen molar-refractivity contribution in [2.24, 2.45) is 0 Å². The minimum atomic E-state index is -3.90. The van der Waals surface area contributed by atoms with Crippen LogP contribution in [0.4, 0.5) is 5.69 Å². The van der Waals surface area contributed by atoms with Crippen molar-refractivity contribution >= 4 is 21.7 Å². The van der Waals surface area contributed by atoms with Gasteiger partial charge < -0.3 is 15.6 Å². The minimum Gasteiger partial charge on any atom is -0.467 e. The molecular weight excluding hydrogens is 296 g/mol. The summed E-state index contributed by atoms with van der Waals surface area (Å²) in [6.45, 7) is 4.56. The molecule has 0 bridgehead atoms. The molecule has 1 aromatic carbocycles. The molecule has 0 aliphatic carbocycles. The van der Waals surface area contributed by atoms with E-state index >= 15 is 0 Å². The molecule has 0 amide bonds. The number of carbonyl (C=O) groups is 1. The highest BCUT2D eigenvalue weighted by Gasteiger charge is 2.25. The van der Waals surface area contributed by atoms with Gasteiger partial charge in [-0.05, 0) is 43.5 Å². The number of aliphatic hydroxyl groups excluding tert-OH is 1. The van der Waals surface area contributed by atoms with E-state index in [0.29, 0.717) is 16.8 Å². The van der Waals surface area contributed by atoms with Crippen LogP contribution in [0.15, 0.2) is 11.0 Å². The second kappa shape index (κ2) is 6.42. The number of nitrogen functional groups attached to an aromatic ring is 1. The molecule has 0 aliphatic heterocycles. The lowest BCUT2D eigenvalue weighted by Gasteiger charge is -2.16. The quantitative estimate of drug-likeness (QED) is 0.520. The van der Waals surface area contributed by atoms with E-state index in [-0.39, 0.29) is 4.90 Å². The van der Waals surface area contributed by atoms with Crippen molar-refractivity contribution < 1.29 is 23.1 Å². The van der Waals surface area contributed by atoms with E-state index < -0.39 is 28.6 Å². The first-order chi connectivity index (χ1) is 9.61. The Morgan fingerprint density at radius 1 is 1.38 bits per heavy atom. The molecule has 0 aliphatic rings. The fraction of sp³-hybridized carbons (Fsp3) is 0.462. The summed E-state index contributed by atoms with van der Waals surface area (Å²) >= 11 is 0. The number of nitrogens with two attached hydrogens (primary N) is 1. The number of rotatable bonds is 5. The van der Waals surface area contributed by atoms with E-state index in [1.165, 1.54) is 0 Å². The van der Waals surface area contributed by atoms with Crippen LogP contribution < -0.4 is 10.5 Å². The Bertz CT molecular complexity index is 629. The predicted molar refractivity (Wildman–Crippen MR) is 78.3 cm³/mol. The average Bonchev–Trinajstić information content (AvgIpc) is 2.41. The Morgan fingerprint density at radius 2 is 1.95 bits per heavy atom. The van der Waals surface area contributed by atoms with Gasteiger partial charge >= 0.3 is 5.97 Å². The first-order valence-electron chi connectivity index (χ1n) is 6.23. The van der Waals surface area contributed by atoms with Gasteiger partial charge in [-0.1, -0.05) is 0 Å². The van der Waals surface area contributed by atoms with E-state index in [2.05, 4.69) is 9.46 Å². The first-order valence-corrected chi connectivity index (χ1v) is 7.72. The molecule has 0 saturated heterocycles. The summed E-state index contributed by atoms with van der Waals surface area (Å²) in [5.74, 6) is -0.907. The van der Waals surface area contributed by atoms with Crippen molar-refractivity contribution in [3.8, 4) is 0 Å². The van der Waals surface area contributed by atoms with Crippen molar-refractivity contribution in [1.29, 1.82) is 0 Å². The number of hydrogen-bond donors (Lipinski definition) is 3. The SMILES string of the molecule is COC(=O)C(O)CNS(=O)(=O)c1c(C)c(C)cc(N)c1C. The normalized spacial score (nSPS) is 13.0. The largest absolute Gasteiger partial charge is 0.467 e. The van der Waals surface area contributed by atoms with Gasteiger partial charge in [0.2, 0.25) is 10.0 Å². The Balaban J connectivity index is 3.13. The molecule has 0 spiro atoms. The summed E-state index contributed by atoms with van der Waals surface area (Å²) < 4.78 is 31.2. The Morgan fingerprint density at radius 3 is 2.48 bits per heavy atom. The van der Waals surface area contributed by atoms with Crippen LogP contribution >= 0.6 is 0 Å².